The van der Waals surface area contributed by atoms with Crippen LogP contribution in [0.15, 0.2) is 24.3 Å². The topological polar surface area (TPSA) is 40.5 Å². The zero-order valence-electron chi connectivity index (χ0n) is 11.8. The van der Waals surface area contributed by atoms with E-state index in [1.807, 2.05) is 26.8 Å². The van der Waals surface area contributed by atoms with E-state index in [4.69, 9.17) is 5.11 Å². The van der Waals surface area contributed by atoms with Crippen LogP contribution in [-0.4, -0.2) is 34.6 Å². The lowest BCUT2D eigenvalue weighted by molar-refractivity contribution is -0.137. The lowest BCUT2D eigenvalue weighted by Gasteiger charge is -2.32. The van der Waals surface area contributed by atoms with Crippen molar-refractivity contribution in [3.8, 4) is 0 Å². The van der Waals surface area contributed by atoms with Crippen molar-refractivity contribution in [1.29, 1.82) is 0 Å². The molecule has 4 heteroatoms. The average molecular weight is 267 g/mol. The molecule has 0 saturated heterocycles. The molecule has 0 spiro atoms. The van der Waals surface area contributed by atoms with Gasteiger partial charge >= 0.3 is 5.97 Å². The number of carboxylic acid groups (broad SMARTS) is 1. The molecule has 1 aromatic rings. The molecule has 1 atom stereocenters. The van der Waals surface area contributed by atoms with Crippen LogP contribution in [0.1, 0.15) is 32.8 Å². The van der Waals surface area contributed by atoms with Gasteiger partial charge in [0.25, 0.3) is 0 Å². The Kier molecular flexibility index (Phi) is 5.96. The summed E-state index contributed by atoms with van der Waals surface area (Å²) >= 11 is 0. The molecule has 0 aliphatic carbocycles. The number of carbonyl (C=O) groups is 1. The predicted octanol–water partition coefficient (Wildman–Crippen LogP) is 2.94. The largest absolute Gasteiger partial charge is 0.481 e. The molecule has 1 unspecified atom stereocenters. The van der Waals surface area contributed by atoms with E-state index in [2.05, 4.69) is 4.90 Å². The minimum Gasteiger partial charge on any atom is -0.481 e. The summed E-state index contributed by atoms with van der Waals surface area (Å²) in [6.45, 7) is 6.55. The molecule has 0 aliphatic rings. The smallest absolute Gasteiger partial charge is 0.304 e. The average Bonchev–Trinajstić information content (AvgIpc) is 2.31. The Hall–Kier alpha value is -1.42. The first-order valence-corrected chi connectivity index (χ1v) is 6.62. The molecular formula is C15H22FNO2. The molecule has 0 aliphatic heterocycles. The second-order valence-corrected chi connectivity index (χ2v) is 5.12. The van der Waals surface area contributed by atoms with Gasteiger partial charge in [0.2, 0.25) is 0 Å². The van der Waals surface area contributed by atoms with E-state index in [0.717, 1.165) is 0 Å². The van der Waals surface area contributed by atoms with Crippen molar-refractivity contribution in [2.24, 2.45) is 0 Å². The number of benzene rings is 1. The molecule has 1 rings (SSSR count). The van der Waals surface area contributed by atoms with Crippen LogP contribution in [0.25, 0.3) is 0 Å². The quantitative estimate of drug-likeness (QED) is 0.825. The summed E-state index contributed by atoms with van der Waals surface area (Å²) in [5, 5.41) is 8.77. The number of nitrogens with zero attached hydrogens (tertiary/aromatic N) is 1. The van der Waals surface area contributed by atoms with Gasteiger partial charge in [-0.15, -0.1) is 0 Å². The van der Waals surface area contributed by atoms with Crippen molar-refractivity contribution in [3.05, 3.63) is 35.6 Å². The Morgan fingerprint density at radius 3 is 2.47 bits per heavy atom. The fourth-order valence-electron chi connectivity index (χ4n) is 2.31. The monoisotopic (exact) mass is 267 g/mol. The van der Waals surface area contributed by atoms with Crippen molar-refractivity contribution in [1.82, 2.24) is 4.90 Å². The van der Waals surface area contributed by atoms with Gasteiger partial charge in [-0.1, -0.05) is 18.2 Å². The van der Waals surface area contributed by atoms with Crippen LogP contribution in [0.4, 0.5) is 4.39 Å². The van der Waals surface area contributed by atoms with Crippen molar-refractivity contribution in [2.75, 3.05) is 6.54 Å². The van der Waals surface area contributed by atoms with Crippen LogP contribution < -0.4 is 0 Å². The molecule has 0 heterocycles. The second kappa shape index (κ2) is 7.24. The Morgan fingerprint density at radius 2 is 1.95 bits per heavy atom. The fraction of sp³-hybridized carbons (Fsp3) is 0.533. The molecule has 1 aromatic carbocycles. The van der Waals surface area contributed by atoms with Crippen LogP contribution in [0, 0.1) is 5.82 Å². The Labute approximate surface area is 114 Å². The minimum absolute atomic E-state index is 0.108. The molecule has 0 radical (unpaired) electrons. The van der Waals surface area contributed by atoms with E-state index in [1.165, 1.54) is 6.07 Å². The molecule has 1 N–H and O–H groups in total. The molecule has 19 heavy (non-hydrogen) atoms. The lowest BCUT2D eigenvalue weighted by atomic mass is 10.0. The van der Waals surface area contributed by atoms with Crippen molar-refractivity contribution < 1.29 is 14.3 Å². The molecule has 0 fully saturated rings. The highest BCUT2D eigenvalue weighted by atomic mass is 19.1. The zero-order valence-corrected chi connectivity index (χ0v) is 11.8. The summed E-state index contributed by atoms with van der Waals surface area (Å²) in [7, 11) is 0. The van der Waals surface area contributed by atoms with Crippen LogP contribution in [0.5, 0.6) is 0 Å². The molecule has 0 amide bonds. The van der Waals surface area contributed by atoms with Gasteiger partial charge in [-0.2, -0.15) is 0 Å². The van der Waals surface area contributed by atoms with Gasteiger partial charge in [-0.3, -0.25) is 9.69 Å². The molecule has 3 nitrogen and oxygen atoms in total. The Bertz CT molecular complexity index is 420. The summed E-state index contributed by atoms with van der Waals surface area (Å²) < 4.78 is 13.6. The number of carboxylic acids is 1. The molecule has 0 bridgehead atoms. The van der Waals surface area contributed by atoms with Crippen molar-refractivity contribution >= 4 is 5.97 Å². The van der Waals surface area contributed by atoms with Gasteiger partial charge in [-0.05, 0) is 38.8 Å². The maximum atomic E-state index is 13.6. The predicted molar refractivity (Wildman–Crippen MR) is 73.7 cm³/mol. The van der Waals surface area contributed by atoms with Crippen molar-refractivity contribution in [3.63, 3.8) is 0 Å². The van der Waals surface area contributed by atoms with E-state index < -0.39 is 5.97 Å². The van der Waals surface area contributed by atoms with Crippen LogP contribution in [-0.2, 0) is 11.2 Å². The molecule has 0 aromatic heterocycles. The SMILES string of the molecule is CC(C)N(CCC(=O)O)C(C)Cc1ccccc1F. The van der Waals surface area contributed by atoms with Gasteiger partial charge in [-0.25, -0.2) is 4.39 Å². The van der Waals surface area contributed by atoms with Crippen LogP contribution >= 0.6 is 0 Å². The Balaban J connectivity index is 2.69. The molecule has 106 valence electrons. The maximum absolute atomic E-state index is 13.6. The van der Waals surface area contributed by atoms with E-state index in [0.29, 0.717) is 18.5 Å². The van der Waals surface area contributed by atoms with Gasteiger partial charge in [0.1, 0.15) is 5.82 Å². The summed E-state index contributed by atoms with van der Waals surface area (Å²) in [5.41, 5.74) is 0.677. The summed E-state index contributed by atoms with van der Waals surface area (Å²) in [5.74, 6) is -1.000. The Morgan fingerprint density at radius 1 is 1.32 bits per heavy atom. The van der Waals surface area contributed by atoms with Gasteiger partial charge in [0, 0.05) is 18.6 Å². The standard InChI is InChI=1S/C15H22FNO2/c1-11(2)17(9-8-15(18)19)12(3)10-13-6-4-5-7-14(13)16/h4-7,11-12H,8-10H2,1-3H3,(H,18,19). The third-order valence-corrected chi connectivity index (χ3v) is 3.29. The van der Waals surface area contributed by atoms with Crippen LogP contribution in [0.2, 0.25) is 0 Å². The van der Waals surface area contributed by atoms with Crippen LogP contribution in [0.3, 0.4) is 0 Å². The number of hydrogen-bond acceptors (Lipinski definition) is 2. The van der Waals surface area contributed by atoms with Crippen molar-refractivity contribution in [2.45, 2.75) is 45.7 Å². The normalized spacial score (nSPS) is 12.9. The summed E-state index contributed by atoms with van der Waals surface area (Å²) in [6.07, 6.45) is 0.699. The third-order valence-electron chi connectivity index (χ3n) is 3.29. The zero-order chi connectivity index (χ0) is 14.4. The fourth-order valence-corrected chi connectivity index (χ4v) is 2.31. The first-order chi connectivity index (χ1) is 8.91. The highest BCUT2D eigenvalue weighted by Crippen LogP contribution is 2.15. The molecular weight excluding hydrogens is 245 g/mol. The van der Waals surface area contributed by atoms with E-state index in [-0.39, 0.29) is 24.3 Å². The summed E-state index contributed by atoms with van der Waals surface area (Å²) in [4.78, 5) is 12.8. The lowest BCUT2D eigenvalue weighted by Crippen LogP contribution is -2.41. The maximum Gasteiger partial charge on any atom is 0.304 e. The first-order valence-electron chi connectivity index (χ1n) is 6.62. The summed E-state index contributed by atoms with van der Waals surface area (Å²) in [6, 6.07) is 7.08. The molecule has 0 saturated carbocycles. The van der Waals surface area contributed by atoms with Gasteiger partial charge in [0.05, 0.1) is 6.42 Å². The third kappa shape index (κ3) is 4.99. The van der Waals surface area contributed by atoms with Gasteiger partial charge in [0.15, 0.2) is 0 Å². The first kappa shape index (κ1) is 15.6. The highest BCUT2D eigenvalue weighted by molar-refractivity contribution is 5.66. The van der Waals surface area contributed by atoms with E-state index in [9.17, 15) is 9.18 Å². The number of rotatable bonds is 7. The van der Waals surface area contributed by atoms with E-state index >= 15 is 0 Å². The van der Waals surface area contributed by atoms with E-state index in [1.54, 1.807) is 12.1 Å². The number of halogens is 1. The number of aliphatic carboxylic acids is 1. The minimum atomic E-state index is -0.802. The number of hydrogen-bond donors (Lipinski definition) is 1. The van der Waals surface area contributed by atoms with Gasteiger partial charge < -0.3 is 5.11 Å². The highest BCUT2D eigenvalue weighted by Gasteiger charge is 2.19. The second-order valence-electron chi connectivity index (χ2n) is 5.12.